The van der Waals surface area contributed by atoms with Gasteiger partial charge in [-0.25, -0.2) is 0 Å². The number of hydrogen-bond donors (Lipinski definition) is 0. The van der Waals surface area contributed by atoms with Gasteiger partial charge in [0.1, 0.15) is 0 Å². The summed E-state index contributed by atoms with van der Waals surface area (Å²) in [5.74, 6) is 0. The molecule has 1 aliphatic heterocycles. The Morgan fingerprint density at radius 2 is 1.54 bits per heavy atom. The maximum atomic E-state index is 11.9. The molecule has 1 rings (SSSR count). The van der Waals surface area contributed by atoms with E-state index in [4.69, 9.17) is 0 Å². The number of likely N-dealkylation sites (N-methyl/N-ethyl adjacent to an activating group) is 1. The summed E-state index contributed by atoms with van der Waals surface area (Å²) in [6.07, 6.45) is -0.701. The average Bonchev–Trinajstić information content (AvgIpc) is 1.91. The third kappa shape index (κ3) is 6.48. The molecule has 1 fully saturated rings. The van der Waals surface area contributed by atoms with Gasteiger partial charge < -0.3 is 22.7 Å². The van der Waals surface area contributed by atoms with Gasteiger partial charge in [0.15, 0.2) is 0 Å². The number of piperazine rings is 1. The molecule has 1 heterocycles. The zero-order valence-electron chi connectivity index (χ0n) is 8.14. The van der Waals surface area contributed by atoms with Gasteiger partial charge in [-0.15, -0.1) is 0 Å². The van der Waals surface area contributed by atoms with E-state index < -0.39 is 13.4 Å². The minimum Gasteiger partial charge on any atom is -0.448 e. The molecule has 0 atom stereocenters. The van der Waals surface area contributed by atoms with E-state index in [1.54, 1.807) is 0 Å². The van der Waals surface area contributed by atoms with Crippen molar-refractivity contribution in [3.8, 4) is 0 Å². The van der Waals surface area contributed by atoms with Crippen molar-refractivity contribution in [3.63, 3.8) is 0 Å². The second kappa shape index (κ2) is 6.09. The van der Waals surface area contributed by atoms with E-state index in [0.717, 1.165) is 13.1 Å². The number of rotatable bonds is 2. The number of hydrogen-bond acceptors (Lipinski definition) is 2. The van der Waals surface area contributed by atoms with Crippen LogP contribution in [-0.4, -0.2) is 56.4 Å². The normalized spacial score (nSPS) is 21.2. The maximum absolute atomic E-state index is 11.9. The predicted molar refractivity (Wildman–Crippen MR) is 43.0 cm³/mol. The Bertz CT molecular complexity index is 147. The van der Waals surface area contributed by atoms with E-state index >= 15 is 0 Å². The van der Waals surface area contributed by atoms with Gasteiger partial charge >= 0.3 is 58.4 Å². The summed E-state index contributed by atoms with van der Waals surface area (Å²) in [7, 11) is 1.93. The first-order valence-electron chi connectivity index (χ1n) is 4.09. The van der Waals surface area contributed by atoms with Crippen molar-refractivity contribution in [2.75, 3.05) is 39.7 Å². The summed E-state index contributed by atoms with van der Waals surface area (Å²) in [6.45, 7) is -2.07. The molecule has 0 bridgehead atoms. The van der Waals surface area contributed by atoms with E-state index in [1.165, 1.54) is 4.90 Å². The fourth-order valence-electron chi connectivity index (χ4n) is 1.32. The molecule has 2 nitrogen and oxygen atoms in total. The van der Waals surface area contributed by atoms with Crippen LogP contribution in [0, 0.1) is 0 Å². The molecule has 0 N–H and O–H groups in total. The van der Waals surface area contributed by atoms with Crippen molar-refractivity contribution < 1.29 is 64.3 Å². The van der Waals surface area contributed by atoms with E-state index in [9.17, 15) is 12.9 Å². The quantitative estimate of drug-likeness (QED) is 0.480. The predicted octanol–water partition coefficient (Wildman–Crippen LogP) is -2.38. The molecule has 0 saturated carbocycles. The molecule has 1 aliphatic rings. The van der Waals surface area contributed by atoms with E-state index in [-0.39, 0.29) is 51.4 Å². The van der Waals surface area contributed by atoms with Crippen molar-refractivity contribution >= 4 is 6.98 Å². The SMILES string of the molecule is CN1CCN(C[B-](F)(F)F)CC1.[K+]. The van der Waals surface area contributed by atoms with Crippen LogP contribution in [0.5, 0.6) is 0 Å². The Kier molecular flexibility index (Phi) is 6.76. The van der Waals surface area contributed by atoms with Crippen LogP contribution in [0.3, 0.4) is 0 Å². The minimum absolute atomic E-state index is 0. The van der Waals surface area contributed by atoms with Crippen LogP contribution in [0.15, 0.2) is 0 Å². The molecule has 0 aromatic rings. The maximum Gasteiger partial charge on any atom is 1.00 e. The van der Waals surface area contributed by atoms with Crippen LogP contribution >= 0.6 is 0 Å². The van der Waals surface area contributed by atoms with Gasteiger partial charge in [0.25, 0.3) is 0 Å². The van der Waals surface area contributed by atoms with Crippen molar-refractivity contribution in [1.82, 2.24) is 9.80 Å². The van der Waals surface area contributed by atoms with Gasteiger partial charge in [0.05, 0.1) is 0 Å². The van der Waals surface area contributed by atoms with Gasteiger partial charge in [-0.2, -0.15) is 0 Å². The van der Waals surface area contributed by atoms with Crippen molar-refractivity contribution in [2.24, 2.45) is 0 Å². The molecule has 0 radical (unpaired) electrons. The van der Waals surface area contributed by atoms with Crippen molar-refractivity contribution in [1.29, 1.82) is 0 Å². The van der Waals surface area contributed by atoms with Gasteiger partial charge in [-0.05, 0) is 13.5 Å². The van der Waals surface area contributed by atoms with E-state index in [1.807, 2.05) is 11.9 Å². The molecular formula is C6H13BF3KN2. The van der Waals surface area contributed by atoms with Crippen LogP contribution in [0.2, 0.25) is 0 Å². The van der Waals surface area contributed by atoms with Crippen LogP contribution in [0.1, 0.15) is 0 Å². The topological polar surface area (TPSA) is 6.48 Å². The molecule has 0 aromatic carbocycles. The van der Waals surface area contributed by atoms with Crippen LogP contribution in [0.25, 0.3) is 0 Å². The third-order valence-electron chi connectivity index (χ3n) is 2.06. The molecule has 0 unspecified atom stereocenters. The molecular weight excluding hydrogens is 207 g/mol. The average molecular weight is 220 g/mol. The summed E-state index contributed by atoms with van der Waals surface area (Å²) >= 11 is 0. The molecule has 13 heavy (non-hydrogen) atoms. The second-order valence-electron chi connectivity index (χ2n) is 3.31. The first-order valence-corrected chi connectivity index (χ1v) is 4.09. The van der Waals surface area contributed by atoms with Crippen molar-refractivity contribution in [3.05, 3.63) is 0 Å². The fourth-order valence-corrected chi connectivity index (χ4v) is 1.32. The third-order valence-corrected chi connectivity index (χ3v) is 2.06. The second-order valence-corrected chi connectivity index (χ2v) is 3.31. The number of halogens is 3. The van der Waals surface area contributed by atoms with Crippen LogP contribution in [-0.2, 0) is 0 Å². The minimum atomic E-state index is -4.64. The van der Waals surface area contributed by atoms with Crippen molar-refractivity contribution in [2.45, 2.75) is 0 Å². The van der Waals surface area contributed by atoms with E-state index in [0.29, 0.717) is 13.1 Å². The fraction of sp³-hybridized carbons (Fsp3) is 1.00. The Morgan fingerprint density at radius 3 is 1.92 bits per heavy atom. The number of nitrogens with zero attached hydrogens (tertiary/aromatic N) is 2. The first kappa shape index (κ1) is 14.4. The first-order chi connectivity index (χ1) is 5.47. The molecule has 0 spiro atoms. The summed E-state index contributed by atoms with van der Waals surface area (Å²) in [5.41, 5.74) is 0. The summed E-state index contributed by atoms with van der Waals surface area (Å²) in [5, 5.41) is 0. The zero-order valence-corrected chi connectivity index (χ0v) is 11.3. The monoisotopic (exact) mass is 220 g/mol. The Labute approximate surface area is 119 Å². The molecule has 7 heteroatoms. The summed E-state index contributed by atoms with van der Waals surface area (Å²) in [6, 6.07) is 0. The zero-order chi connectivity index (χ0) is 9.19. The van der Waals surface area contributed by atoms with E-state index in [2.05, 4.69) is 0 Å². The summed E-state index contributed by atoms with van der Waals surface area (Å²) in [4.78, 5) is 3.51. The van der Waals surface area contributed by atoms with Gasteiger partial charge in [-0.3, -0.25) is 0 Å². The standard InChI is InChI=1S/C6H13BF3N2.K/c1-11-2-4-12(5-3-11)6-7(8,9)10;/h2-6H2,1H3;/q-1;+1. The van der Waals surface area contributed by atoms with Crippen LogP contribution in [0.4, 0.5) is 12.9 Å². The smallest absolute Gasteiger partial charge is 0.448 e. The Balaban J connectivity index is 0.00000144. The summed E-state index contributed by atoms with van der Waals surface area (Å²) < 4.78 is 35.8. The largest absolute Gasteiger partial charge is 1.00 e. The van der Waals surface area contributed by atoms with Crippen LogP contribution < -0.4 is 51.4 Å². The molecule has 0 aromatic heterocycles. The Hall–Kier alpha value is 1.41. The molecule has 0 aliphatic carbocycles. The molecule has 0 amide bonds. The van der Waals surface area contributed by atoms with Gasteiger partial charge in [0.2, 0.25) is 0 Å². The van der Waals surface area contributed by atoms with Gasteiger partial charge in [-0.1, -0.05) is 0 Å². The van der Waals surface area contributed by atoms with Gasteiger partial charge in [0, 0.05) is 26.2 Å². The Morgan fingerprint density at radius 1 is 1.08 bits per heavy atom. The molecule has 72 valence electrons. The molecule has 1 saturated heterocycles.